The number of hydrogen-bond acceptors (Lipinski definition) is 2. The maximum absolute atomic E-state index is 13.4. The number of hydrogen-bond donors (Lipinski definition) is 0. The molecule has 0 aliphatic carbocycles. The molecule has 0 unspecified atom stereocenters. The van der Waals surface area contributed by atoms with E-state index in [1.54, 1.807) is 24.9 Å². The van der Waals surface area contributed by atoms with E-state index in [9.17, 15) is 9.18 Å². The molecule has 1 aromatic rings. The number of aryl methyl sites for hydroxylation is 1. The van der Waals surface area contributed by atoms with Gasteiger partial charge in [0.15, 0.2) is 0 Å². The first-order valence-corrected chi connectivity index (χ1v) is 5.46. The second-order valence-electron chi connectivity index (χ2n) is 3.93. The third-order valence-electron chi connectivity index (χ3n) is 2.44. The van der Waals surface area contributed by atoms with Crippen molar-refractivity contribution in [3.8, 4) is 0 Å². The van der Waals surface area contributed by atoms with Crippen molar-refractivity contribution < 1.29 is 9.18 Å². The van der Waals surface area contributed by atoms with Gasteiger partial charge in [0, 0.05) is 20.0 Å². The van der Waals surface area contributed by atoms with Gasteiger partial charge in [0.05, 0.1) is 10.7 Å². The van der Waals surface area contributed by atoms with Gasteiger partial charge in [0.2, 0.25) is 0 Å². The number of nitrogens with zero attached hydrogens (tertiary/aromatic N) is 1. The molecule has 4 heteroatoms. The molecular formula is C12H15ClFNO. The van der Waals surface area contributed by atoms with E-state index >= 15 is 0 Å². The topological polar surface area (TPSA) is 20.3 Å². The number of anilines is 1. The van der Waals surface area contributed by atoms with Crippen molar-refractivity contribution in [3.05, 3.63) is 28.5 Å². The molecule has 0 radical (unpaired) electrons. The predicted molar refractivity (Wildman–Crippen MR) is 64.7 cm³/mol. The van der Waals surface area contributed by atoms with Crippen LogP contribution < -0.4 is 4.90 Å². The fraction of sp³-hybridized carbons (Fsp3) is 0.417. The molecule has 88 valence electrons. The lowest BCUT2D eigenvalue weighted by Crippen LogP contribution is -2.20. The largest absolute Gasteiger partial charge is 0.373 e. The van der Waals surface area contributed by atoms with Gasteiger partial charge in [-0.25, -0.2) is 4.39 Å². The van der Waals surface area contributed by atoms with Crippen LogP contribution >= 0.6 is 11.6 Å². The lowest BCUT2D eigenvalue weighted by Gasteiger charge is -2.20. The van der Waals surface area contributed by atoms with Crippen LogP contribution in [0.2, 0.25) is 5.02 Å². The fourth-order valence-electron chi connectivity index (χ4n) is 1.37. The molecule has 2 nitrogen and oxygen atoms in total. The molecule has 0 bridgehead atoms. The maximum Gasteiger partial charge on any atom is 0.131 e. The lowest BCUT2D eigenvalue weighted by atomic mass is 10.2. The molecule has 0 atom stereocenters. The SMILES string of the molecule is CC(=O)CCN(C)c1cc(F)c(C)cc1Cl. The Bertz CT molecular complexity index is 406. The summed E-state index contributed by atoms with van der Waals surface area (Å²) in [5.41, 5.74) is 1.14. The van der Waals surface area contributed by atoms with Crippen LogP contribution in [0.15, 0.2) is 12.1 Å². The van der Waals surface area contributed by atoms with Crippen molar-refractivity contribution in [2.45, 2.75) is 20.3 Å². The van der Waals surface area contributed by atoms with E-state index in [0.717, 1.165) is 0 Å². The number of rotatable bonds is 4. The highest BCUT2D eigenvalue weighted by atomic mass is 35.5. The third kappa shape index (κ3) is 3.20. The quantitative estimate of drug-likeness (QED) is 0.810. The minimum absolute atomic E-state index is 0.107. The molecule has 1 aromatic carbocycles. The zero-order valence-corrected chi connectivity index (χ0v) is 10.4. The molecule has 0 N–H and O–H groups in total. The highest BCUT2D eigenvalue weighted by Crippen LogP contribution is 2.27. The van der Waals surface area contributed by atoms with Crippen molar-refractivity contribution >= 4 is 23.1 Å². The van der Waals surface area contributed by atoms with Crippen LogP contribution in [-0.4, -0.2) is 19.4 Å². The zero-order chi connectivity index (χ0) is 12.3. The van der Waals surface area contributed by atoms with E-state index in [1.807, 2.05) is 0 Å². The Kier molecular flexibility index (Phi) is 4.30. The minimum atomic E-state index is -0.283. The van der Waals surface area contributed by atoms with Crippen molar-refractivity contribution in [1.82, 2.24) is 0 Å². The van der Waals surface area contributed by atoms with Gasteiger partial charge in [-0.05, 0) is 31.5 Å². The number of carbonyl (C=O) groups is 1. The Hall–Kier alpha value is -1.09. The van der Waals surface area contributed by atoms with Crippen molar-refractivity contribution in [2.75, 3.05) is 18.5 Å². The normalized spacial score (nSPS) is 10.3. The standard InChI is InChI=1S/C12H15ClFNO/c1-8-6-10(13)12(7-11(8)14)15(3)5-4-9(2)16/h6-7H,4-5H2,1-3H3. The molecule has 0 aliphatic heterocycles. The van der Waals surface area contributed by atoms with E-state index < -0.39 is 0 Å². The molecule has 0 saturated heterocycles. The van der Waals surface area contributed by atoms with Gasteiger partial charge in [-0.1, -0.05) is 11.6 Å². The molecule has 0 fully saturated rings. The Balaban J connectivity index is 2.86. The van der Waals surface area contributed by atoms with Crippen LogP contribution in [0.3, 0.4) is 0 Å². The van der Waals surface area contributed by atoms with Crippen LogP contribution in [0, 0.1) is 12.7 Å². The molecule has 0 saturated carbocycles. The van der Waals surface area contributed by atoms with Crippen LogP contribution in [-0.2, 0) is 4.79 Å². The summed E-state index contributed by atoms with van der Waals surface area (Å²) < 4.78 is 13.4. The number of carbonyl (C=O) groups excluding carboxylic acids is 1. The Morgan fingerprint density at radius 3 is 2.69 bits per heavy atom. The monoisotopic (exact) mass is 243 g/mol. The summed E-state index contributed by atoms with van der Waals surface area (Å²) in [4.78, 5) is 12.6. The highest BCUT2D eigenvalue weighted by molar-refractivity contribution is 6.33. The van der Waals surface area contributed by atoms with Gasteiger partial charge in [-0.3, -0.25) is 4.79 Å². The Morgan fingerprint density at radius 1 is 1.50 bits per heavy atom. The molecule has 0 heterocycles. The van der Waals surface area contributed by atoms with E-state index in [0.29, 0.717) is 29.2 Å². The summed E-state index contributed by atoms with van der Waals surface area (Å²) in [6, 6.07) is 2.99. The Morgan fingerprint density at radius 2 is 2.12 bits per heavy atom. The zero-order valence-electron chi connectivity index (χ0n) is 9.68. The third-order valence-corrected chi connectivity index (χ3v) is 2.74. The first-order chi connectivity index (χ1) is 7.41. The number of halogens is 2. The molecule has 16 heavy (non-hydrogen) atoms. The number of ketones is 1. The number of benzene rings is 1. The first kappa shape index (κ1) is 13.0. The molecular weight excluding hydrogens is 229 g/mol. The van der Waals surface area contributed by atoms with E-state index in [2.05, 4.69) is 0 Å². The summed E-state index contributed by atoms with van der Waals surface area (Å²) in [6.45, 7) is 3.74. The van der Waals surface area contributed by atoms with Crippen molar-refractivity contribution in [2.24, 2.45) is 0 Å². The fourth-order valence-corrected chi connectivity index (χ4v) is 1.74. The van der Waals surface area contributed by atoms with Gasteiger partial charge in [0.1, 0.15) is 11.6 Å². The summed E-state index contributed by atoms with van der Waals surface area (Å²) in [7, 11) is 1.79. The maximum atomic E-state index is 13.4. The van der Waals surface area contributed by atoms with Crippen LogP contribution in [0.1, 0.15) is 18.9 Å². The molecule has 0 aliphatic rings. The second-order valence-corrected chi connectivity index (χ2v) is 4.33. The van der Waals surface area contributed by atoms with Crippen molar-refractivity contribution in [1.29, 1.82) is 0 Å². The van der Waals surface area contributed by atoms with Gasteiger partial charge < -0.3 is 4.90 Å². The van der Waals surface area contributed by atoms with Crippen LogP contribution in [0.25, 0.3) is 0 Å². The van der Waals surface area contributed by atoms with E-state index in [-0.39, 0.29) is 11.6 Å². The average Bonchev–Trinajstić information content (AvgIpc) is 2.20. The lowest BCUT2D eigenvalue weighted by molar-refractivity contribution is -0.116. The predicted octanol–water partition coefficient (Wildman–Crippen LogP) is 3.20. The molecule has 1 rings (SSSR count). The summed E-state index contributed by atoms with van der Waals surface area (Å²) in [6.07, 6.45) is 0.433. The van der Waals surface area contributed by atoms with Gasteiger partial charge >= 0.3 is 0 Å². The van der Waals surface area contributed by atoms with Gasteiger partial charge in [-0.2, -0.15) is 0 Å². The second kappa shape index (κ2) is 5.30. The summed E-state index contributed by atoms with van der Waals surface area (Å²) in [5.74, 6) is -0.176. The van der Waals surface area contributed by atoms with Crippen LogP contribution in [0.4, 0.5) is 10.1 Å². The van der Waals surface area contributed by atoms with E-state index in [4.69, 9.17) is 11.6 Å². The Labute approximate surface area is 100 Å². The smallest absolute Gasteiger partial charge is 0.131 e. The van der Waals surface area contributed by atoms with Crippen LogP contribution in [0.5, 0.6) is 0 Å². The van der Waals surface area contributed by atoms with Gasteiger partial charge in [0.25, 0.3) is 0 Å². The van der Waals surface area contributed by atoms with E-state index in [1.165, 1.54) is 13.0 Å². The molecule has 0 aromatic heterocycles. The first-order valence-electron chi connectivity index (χ1n) is 5.08. The number of Topliss-reactive ketones (excluding diaryl/α,β-unsaturated/α-hetero) is 1. The minimum Gasteiger partial charge on any atom is -0.373 e. The summed E-state index contributed by atoms with van der Waals surface area (Å²) >= 11 is 6.02. The average molecular weight is 244 g/mol. The molecule has 0 amide bonds. The van der Waals surface area contributed by atoms with Crippen molar-refractivity contribution in [3.63, 3.8) is 0 Å². The highest BCUT2D eigenvalue weighted by Gasteiger charge is 2.10. The molecule has 0 spiro atoms. The summed E-state index contributed by atoms with van der Waals surface area (Å²) in [5, 5.41) is 0.505. The van der Waals surface area contributed by atoms with Gasteiger partial charge in [-0.15, -0.1) is 0 Å².